The molecule has 4 atom stereocenters. The number of hydrogen-bond acceptors (Lipinski definition) is 6. The van der Waals surface area contributed by atoms with Crippen LogP contribution in [0.4, 0.5) is 13.2 Å². The Morgan fingerprint density at radius 1 is 0.960 bits per heavy atom. The number of likely N-dealkylation sites (tertiary alicyclic amines) is 3. The number of nitrogens with one attached hydrogen (secondary N) is 1. The molecule has 6 rings (SSSR count). The number of carbonyl (C=O) groups excluding carboxylic acids is 4. The van der Waals surface area contributed by atoms with Crippen molar-refractivity contribution < 1.29 is 46.7 Å². The zero-order valence-corrected chi connectivity index (χ0v) is 29.4. The lowest BCUT2D eigenvalue weighted by molar-refractivity contribution is -0.146. The van der Waals surface area contributed by atoms with Crippen LogP contribution in [0.5, 0.6) is 0 Å². The van der Waals surface area contributed by atoms with Gasteiger partial charge >= 0.3 is 13.3 Å². The van der Waals surface area contributed by atoms with E-state index in [-0.39, 0.29) is 34.0 Å². The second-order valence-corrected chi connectivity index (χ2v) is 17.0. The SMILES string of the molecule is CC(C)(C)[C@H](NC(=O)c1cc2cc(C(F)(F)P(=O)(O)O)ccc2s1)C(=O)N1CCC[C@H]1C(=O)N1CC[C@H]2CN(C(=O)c3ccc(F)cc3)C[C@H]21. The van der Waals surface area contributed by atoms with Gasteiger partial charge in [-0.1, -0.05) is 26.8 Å². The van der Waals surface area contributed by atoms with Gasteiger partial charge in [0.05, 0.1) is 10.9 Å². The van der Waals surface area contributed by atoms with Crippen LogP contribution in [-0.4, -0.2) is 92.4 Å². The lowest BCUT2D eigenvalue weighted by Gasteiger charge is -2.37. The predicted octanol–water partition coefficient (Wildman–Crippen LogP) is 4.78. The highest BCUT2D eigenvalue weighted by Gasteiger charge is 2.51. The summed E-state index contributed by atoms with van der Waals surface area (Å²) in [6.07, 6.45) is 1.74. The number of halogens is 3. The number of thiophene rings is 1. The van der Waals surface area contributed by atoms with Gasteiger partial charge in [0.2, 0.25) is 11.8 Å². The molecule has 0 unspecified atom stereocenters. The van der Waals surface area contributed by atoms with E-state index in [2.05, 4.69) is 5.32 Å². The van der Waals surface area contributed by atoms with Crippen LogP contribution in [0.25, 0.3) is 10.1 Å². The van der Waals surface area contributed by atoms with E-state index in [4.69, 9.17) is 9.79 Å². The van der Waals surface area contributed by atoms with Crippen LogP contribution in [0, 0.1) is 17.2 Å². The highest BCUT2D eigenvalue weighted by Crippen LogP contribution is 2.59. The van der Waals surface area contributed by atoms with Crippen molar-refractivity contribution in [3.05, 3.63) is 70.4 Å². The number of hydrogen-bond donors (Lipinski definition) is 3. The molecule has 0 radical (unpaired) electrons. The van der Waals surface area contributed by atoms with E-state index >= 15 is 0 Å². The summed E-state index contributed by atoms with van der Waals surface area (Å²) in [4.78, 5) is 78.2. The third-order valence-electron chi connectivity index (χ3n) is 9.87. The molecule has 0 saturated carbocycles. The average Bonchev–Trinajstić information content (AvgIpc) is 3.85. The minimum absolute atomic E-state index is 0.0796. The van der Waals surface area contributed by atoms with Gasteiger partial charge in [-0.25, -0.2) is 4.39 Å². The molecular formula is C34H38F3N4O7PS. The summed E-state index contributed by atoms with van der Waals surface area (Å²) in [6, 6.07) is 7.76. The molecule has 3 fully saturated rings. The lowest BCUT2D eigenvalue weighted by Crippen LogP contribution is -2.58. The first-order valence-corrected chi connectivity index (χ1v) is 18.7. The normalized spacial score (nSPS) is 21.8. The van der Waals surface area contributed by atoms with E-state index in [1.54, 1.807) is 30.6 Å². The molecular weight excluding hydrogens is 696 g/mol. The second kappa shape index (κ2) is 13.1. The fourth-order valence-electron chi connectivity index (χ4n) is 7.18. The summed E-state index contributed by atoms with van der Waals surface area (Å²) < 4.78 is 53.9. The second-order valence-electron chi connectivity index (χ2n) is 14.3. The highest BCUT2D eigenvalue weighted by atomic mass is 32.1. The maximum absolute atomic E-state index is 14.3. The van der Waals surface area contributed by atoms with E-state index in [0.717, 1.165) is 23.5 Å². The fraction of sp³-hybridized carbons (Fsp3) is 0.471. The summed E-state index contributed by atoms with van der Waals surface area (Å²) in [5.41, 5.74) is -5.71. The van der Waals surface area contributed by atoms with Crippen LogP contribution in [0.1, 0.15) is 65.6 Å². The summed E-state index contributed by atoms with van der Waals surface area (Å²) in [7, 11) is -5.79. The van der Waals surface area contributed by atoms with Crippen molar-refractivity contribution >= 4 is 52.6 Å². The lowest BCUT2D eigenvalue weighted by atomic mass is 9.85. The minimum Gasteiger partial charge on any atom is -0.339 e. The summed E-state index contributed by atoms with van der Waals surface area (Å²) in [5.74, 6) is -1.86. The van der Waals surface area contributed by atoms with Crippen molar-refractivity contribution in [3.63, 3.8) is 0 Å². The molecule has 4 amide bonds. The summed E-state index contributed by atoms with van der Waals surface area (Å²) in [6.45, 7) is 6.96. The Balaban J connectivity index is 1.16. The summed E-state index contributed by atoms with van der Waals surface area (Å²) >= 11 is 0.980. The largest absolute Gasteiger partial charge is 0.399 e. The Morgan fingerprint density at radius 2 is 1.66 bits per heavy atom. The number of fused-ring (bicyclic) bond motifs is 2. The molecule has 3 aromatic rings. The van der Waals surface area contributed by atoms with Crippen LogP contribution >= 0.6 is 18.9 Å². The Bertz CT molecular complexity index is 1890. The molecule has 4 heterocycles. The van der Waals surface area contributed by atoms with Crippen molar-refractivity contribution in [2.75, 3.05) is 26.2 Å². The molecule has 3 aliphatic rings. The average molecular weight is 735 g/mol. The maximum atomic E-state index is 14.3. The molecule has 268 valence electrons. The molecule has 3 saturated heterocycles. The molecule has 3 aliphatic heterocycles. The van der Waals surface area contributed by atoms with Gasteiger partial charge in [-0.2, -0.15) is 8.78 Å². The molecule has 50 heavy (non-hydrogen) atoms. The molecule has 11 nitrogen and oxygen atoms in total. The van der Waals surface area contributed by atoms with Crippen molar-refractivity contribution in [2.45, 2.75) is 63.8 Å². The van der Waals surface area contributed by atoms with E-state index in [9.17, 15) is 36.9 Å². The fourth-order valence-corrected chi connectivity index (χ4v) is 8.60. The topological polar surface area (TPSA) is 148 Å². The number of rotatable bonds is 7. The molecule has 0 bridgehead atoms. The van der Waals surface area contributed by atoms with Crippen molar-refractivity contribution in [3.8, 4) is 0 Å². The monoisotopic (exact) mass is 734 g/mol. The van der Waals surface area contributed by atoms with Gasteiger partial charge in [0.15, 0.2) is 0 Å². The number of benzene rings is 2. The Labute approximate surface area is 290 Å². The minimum atomic E-state index is -5.79. The Morgan fingerprint density at radius 3 is 2.32 bits per heavy atom. The van der Waals surface area contributed by atoms with E-state index in [1.807, 2.05) is 0 Å². The Kier molecular flexibility index (Phi) is 9.42. The van der Waals surface area contributed by atoms with Crippen molar-refractivity contribution in [2.24, 2.45) is 11.3 Å². The molecule has 0 aliphatic carbocycles. The highest BCUT2D eigenvalue weighted by molar-refractivity contribution is 7.52. The number of nitrogens with zero attached hydrogens (tertiary/aromatic N) is 3. The quantitative estimate of drug-likeness (QED) is 0.296. The van der Waals surface area contributed by atoms with E-state index in [1.165, 1.54) is 41.3 Å². The van der Waals surface area contributed by atoms with Gasteiger partial charge in [0.1, 0.15) is 17.9 Å². The van der Waals surface area contributed by atoms with Gasteiger partial charge < -0.3 is 29.8 Å². The standard InChI is InChI=1S/C34H38F3N4O7PS/c1-33(2,3)28(38-29(42)27-16-21-15-22(8-11-26(21)50-27)34(36,37)49(46,47)48)32(45)40-13-4-5-24(40)31(44)41-14-12-20-17-39(18-25(20)41)30(43)19-6-9-23(35)10-7-19/h6-11,15-16,20,24-25,28H,4-5,12-14,17-18H2,1-3H3,(H,38,42)(H2,46,47,48)/t20-,24-,25+,28+/m0/s1. The van der Waals surface area contributed by atoms with Gasteiger partial charge in [0, 0.05) is 47.9 Å². The zero-order chi connectivity index (χ0) is 36.3. The molecule has 3 N–H and O–H groups in total. The molecule has 1 aromatic heterocycles. The maximum Gasteiger partial charge on any atom is 0.399 e. The number of alkyl halides is 2. The van der Waals surface area contributed by atoms with Gasteiger partial charge in [-0.05, 0) is 72.5 Å². The number of carbonyl (C=O) groups is 4. The predicted molar refractivity (Wildman–Crippen MR) is 179 cm³/mol. The van der Waals surface area contributed by atoms with Crippen LogP contribution in [-0.2, 0) is 19.8 Å². The van der Waals surface area contributed by atoms with Crippen LogP contribution in [0.2, 0.25) is 0 Å². The molecule has 0 spiro atoms. The van der Waals surface area contributed by atoms with Crippen LogP contribution in [0.3, 0.4) is 0 Å². The third-order valence-corrected chi connectivity index (χ3v) is 12.0. The first kappa shape index (κ1) is 36.0. The van der Waals surface area contributed by atoms with Crippen molar-refractivity contribution in [1.29, 1.82) is 0 Å². The van der Waals surface area contributed by atoms with Crippen LogP contribution in [0.15, 0.2) is 48.5 Å². The number of amides is 4. The van der Waals surface area contributed by atoms with Gasteiger partial charge in [-0.3, -0.25) is 23.7 Å². The Hall–Kier alpha value is -3.78. The third kappa shape index (κ3) is 6.68. The van der Waals surface area contributed by atoms with E-state index < -0.39 is 54.0 Å². The van der Waals surface area contributed by atoms with Gasteiger partial charge in [-0.15, -0.1) is 11.3 Å². The van der Waals surface area contributed by atoms with E-state index in [0.29, 0.717) is 55.7 Å². The first-order chi connectivity index (χ1) is 23.4. The smallest absolute Gasteiger partial charge is 0.339 e. The zero-order valence-electron chi connectivity index (χ0n) is 27.6. The molecule has 2 aromatic carbocycles. The van der Waals surface area contributed by atoms with Gasteiger partial charge in [0.25, 0.3) is 11.8 Å². The molecule has 16 heteroatoms. The first-order valence-electron chi connectivity index (χ1n) is 16.3. The van der Waals surface area contributed by atoms with Crippen molar-refractivity contribution in [1.82, 2.24) is 20.0 Å². The van der Waals surface area contributed by atoms with Crippen LogP contribution < -0.4 is 5.32 Å². The summed E-state index contributed by atoms with van der Waals surface area (Å²) in [5, 5.41) is 2.98.